The van der Waals surface area contributed by atoms with Crippen molar-refractivity contribution in [2.24, 2.45) is 11.8 Å². The lowest BCUT2D eigenvalue weighted by atomic mass is 10.0. The topological polar surface area (TPSA) is 42.2 Å². The van der Waals surface area contributed by atoms with Crippen LogP contribution in [0.15, 0.2) is 4.52 Å². The number of anilines is 1. The molecule has 2 unspecified atom stereocenters. The lowest BCUT2D eigenvalue weighted by Crippen LogP contribution is -2.21. The van der Waals surface area contributed by atoms with Crippen molar-refractivity contribution < 1.29 is 4.52 Å². The highest BCUT2D eigenvalue weighted by Crippen LogP contribution is 2.39. The number of hydrogen-bond acceptors (Lipinski definition) is 4. The maximum Gasteiger partial charge on any atom is 0.324 e. The lowest BCUT2D eigenvalue weighted by molar-refractivity contribution is 0.406. The van der Waals surface area contributed by atoms with Crippen LogP contribution in [0.25, 0.3) is 0 Å². The van der Waals surface area contributed by atoms with E-state index in [0.717, 1.165) is 36.8 Å². The maximum atomic E-state index is 5.34. The van der Waals surface area contributed by atoms with Crippen molar-refractivity contribution in [3.8, 4) is 0 Å². The first-order valence-electron chi connectivity index (χ1n) is 6.32. The molecule has 1 aliphatic carbocycles. The smallest absolute Gasteiger partial charge is 0.324 e. The summed E-state index contributed by atoms with van der Waals surface area (Å²) in [5, 5.41) is 4.03. The highest BCUT2D eigenvalue weighted by molar-refractivity contribution is 5.29. The molecular weight excluding hydrogens is 202 g/mol. The van der Waals surface area contributed by atoms with Crippen LogP contribution in [-0.2, 0) is 0 Å². The van der Waals surface area contributed by atoms with Gasteiger partial charge in [0, 0.05) is 19.0 Å². The van der Waals surface area contributed by atoms with Gasteiger partial charge in [0.1, 0.15) is 0 Å². The molecule has 2 atom stereocenters. The van der Waals surface area contributed by atoms with Gasteiger partial charge in [-0.2, -0.15) is 4.98 Å². The van der Waals surface area contributed by atoms with E-state index < -0.39 is 0 Å². The number of rotatable bonds is 2. The van der Waals surface area contributed by atoms with Crippen LogP contribution in [0.2, 0.25) is 0 Å². The van der Waals surface area contributed by atoms with Gasteiger partial charge in [-0.25, -0.2) is 0 Å². The maximum absolute atomic E-state index is 5.34. The van der Waals surface area contributed by atoms with Crippen molar-refractivity contribution in [2.75, 3.05) is 18.0 Å². The molecule has 2 aliphatic rings. The molecule has 2 fully saturated rings. The van der Waals surface area contributed by atoms with Crippen LogP contribution in [0.1, 0.15) is 44.9 Å². The fourth-order valence-corrected chi connectivity index (χ4v) is 2.98. The minimum Gasteiger partial charge on any atom is -0.324 e. The summed E-state index contributed by atoms with van der Waals surface area (Å²) in [4.78, 5) is 6.74. The SMILES string of the molecule is CC(C)c1noc(N2CC3CCCC3C2)n1. The Bertz CT molecular complexity index is 362. The van der Waals surface area contributed by atoms with Gasteiger partial charge in [-0.05, 0) is 24.7 Å². The fraction of sp³-hybridized carbons (Fsp3) is 0.833. The van der Waals surface area contributed by atoms with Crippen molar-refractivity contribution >= 4 is 6.01 Å². The van der Waals surface area contributed by atoms with Crippen molar-refractivity contribution in [3.05, 3.63) is 5.82 Å². The molecule has 1 aromatic rings. The monoisotopic (exact) mass is 221 g/mol. The van der Waals surface area contributed by atoms with Gasteiger partial charge < -0.3 is 9.42 Å². The van der Waals surface area contributed by atoms with Crippen molar-refractivity contribution in [1.29, 1.82) is 0 Å². The van der Waals surface area contributed by atoms with Gasteiger partial charge in [-0.3, -0.25) is 0 Å². The summed E-state index contributed by atoms with van der Waals surface area (Å²) < 4.78 is 5.34. The van der Waals surface area contributed by atoms with E-state index in [-0.39, 0.29) is 0 Å². The summed E-state index contributed by atoms with van der Waals surface area (Å²) in [6.45, 7) is 6.41. The molecule has 3 rings (SSSR count). The summed E-state index contributed by atoms with van der Waals surface area (Å²) in [6.07, 6.45) is 4.17. The molecule has 4 nitrogen and oxygen atoms in total. The van der Waals surface area contributed by atoms with E-state index in [2.05, 4.69) is 28.9 Å². The number of hydrogen-bond donors (Lipinski definition) is 0. The van der Waals surface area contributed by atoms with Gasteiger partial charge >= 0.3 is 6.01 Å². The zero-order valence-corrected chi connectivity index (χ0v) is 10.0. The Hall–Kier alpha value is -1.06. The highest BCUT2D eigenvalue weighted by atomic mass is 16.5. The van der Waals surface area contributed by atoms with Gasteiger partial charge in [-0.15, -0.1) is 0 Å². The molecule has 4 heteroatoms. The highest BCUT2D eigenvalue weighted by Gasteiger charge is 2.37. The first-order valence-corrected chi connectivity index (χ1v) is 6.32. The van der Waals surface area contributed by atoms with Gasteiger partial charge in [0.05, 0.1) is 0 Å². The van der Waals surface area contributed by atoms with E-state index in [1.54, 1.807) is 0 Å². The second kappa shape index (κ2) is 3.75. The summed E-state index contributed by atoms with van der Waals surface area (Å²) in [7, 11) is 0. The average molecular weight is 221 g/mol. The molecule has 1 saturated carbocycles. The predicted octanol–water partition coefficient (Wildman–Crippen LogP) is 2.43. The lowest BCUT2D eigenvalue weighted by Gasteiger charge is -2.12. The molecule has 88 valence electrons. The Morgan fingerprint density at radius 2 is 1.94 bits per heavy atom. The Kier molecular flexibility index (Phi) is 2.37. The second-order valence-electron chi connectivity index (χ2n) is 5.45. The first kappa shape index (κ1) is 10.1. The van der Waals surface area contributed by atoms with Crippen molar-refractivity contribution in [1.82, 2.24) is 10.1 Å². The van der Waals surface area contributed by atoms with Crippen molar-refractivity contribution in [3.63, 3.8) is 0 Å². The molecular formula is C12H19N3O. The largest absolute Gasteiger partial charge is 0.324 e. The number of aromatic nitrogens is 2. The third-order valence-corrected chi connectivity index (χ3v) is 3.94. The Morgan fingerprint density at radius 1 is 1.25 bits per heavy atom. The zero-order chi connectivity index (χ0) is 11.1. The van der Waals surface area contributed by atoms with Crippen LogP contribution >= 0.6 is 0 Å². The standard InChI is InChI=1S/C12H19N3O/c1-8(2)11-13-12(16-14-11)15-6-9-4-3-5-10(9)7-15/h8-10H,3-7H2,1-2H3. The molecule has 1 aliphatic heterocycles. The van der Waals surface area contributed by atoms with Crippen LogP contribution in [0.4, 0.5) is 6.01 Å². The van der Waals surface area contributed by atoms with E-state index in [1.165, 1.54) is 19.3 Å². The molecule has 1 saturated heterocycles. The summed E-state index contributed by atoms with van der Waals surface area (Å²) in [6, 6.07) is 0.734. The van der Waals surface area contributed by atoms with Gasteiger partial charge in [0.15, 0.2) is 5.82 Å². The quantitative estimate of drug-likeness (QED) is 0.769. The molecule has 0 amide bonds. The van der Waals surface area contributed by atoms with Crippen LogP contribution in [0.5, 0.6) is 0 Å². The molecule has 0 N–H and O–H groups in total. The van der Waals surface area contributed by atoms with E-state index in [9.17, 15) is 0 Å². The normalized spacial score (nSPS) is 29.1. The minimum absolute atomic E-state index is 0.347. The van der Waals surface area contributed by atoms with E-state index >= 15 is 0 Å². The van der Waals surface area contributed by atoms with Gasteiger partial charge in [0.25, 0.3) is 0 Å². The van der Waals surface area contributed by atoms with Gasteiger partial charge in [0.2, 0.25) is 0 Å². The van der Waals surface area contributed by atoms with Crippen molar-refractivity contribution in [2.45, 2.75) is 39.0 Å². The third kappa shape index (κ3) is 1.60. The van der Waals surface area contributed by atoms with Gasteiger partial charge in [-0.1, -0.05) is 25.4 Å². The summed E-state index contributed by atoms with van der Waals surface area (Å²) >= 11 is 0. The molecule has 2 heterocycles. The van der Waals surface area contributed by atoms with Crippen LogP contribution < -0.4 is 4.90 Å². The average Bonchev–Trinajstić information content (AvgIpc) is 2.91. The third-order valence-electron chi connectivity index (χ3n) is 3.94. The van der Waals surface area contributed by atoms with E-state index in [4.69, 9.17) is 4.52 Å². The molecule has 0 aromatic carbocycles. The Morgan fingerprint density at radius 3 is 2.50 bits per heavy atom. The molecule has 16 heavy (non-hydrogen) atoms. The minimum atomic E-state index is 0.347. The summed E-state index contributed by atoms with van der Waals surface area (Å²) in [5.74, 6) is 2.91. The fourth-order valence-electron chi connectivity index (χ4n) is 2.98. The molecule has 0 bridgehead atoms. The Labute approximate surface area is 96.0 Å². The first-order chi connectivity index (χ1) is 7.74. The molecule has 0 radical (unpaired) electrons. The number of nitrogens with zero attached hydrogens (tertiary/aromatic N) is 3. The molecule has 1 aromatic heterocycles. The Balaban J connectivity index is 1.73. The molecule has 0 spiro atoms. The second-order valence-corrected chi connectivity index (χ2v) is 5.45. The van der Waals surface area contributed by atoms with Crippen LogP contribution in [-0.4, -0.2) is 23.2 Å². The predicted molar refractivity (Wildman–Crippen MR) is 61.4 cm³/mol. The number of fused-ring (bicyclic) bond motifs is 1. The van der Waals surface area contributed by atoms with Crippen LogP contribution in [0.3, 0.4) is 0 Å². The summed E-state index contributed by atoms with van der Waals surface area (Å²) in [5.41, 5.74) is 0. The van der Waals surface area contributed by atoms with Crippen LogP contribution in [0, 0.1) is 11.8 Å². The van der Waals surface area contributed by atoms with E-state index in [0.29, 0.717) is 5.92 Å². The van der Waals surface area contributed by atoms with E-state index in [1.807, 2.05) is 0 Å². The zero-order valence-electron chi connectivity index (χ0n) is 10.0.